The highest BCUT2D eigenvalue weighted by Gasteiger charge is 2.43. The Kier molecular flexibility index (Phi) is 5.71. The minimum Gasteiger partial charge on any atom is -0.497 e. The van der Waals surface area contributed by atoms with Crippen LogP contribution >= 0.6 is 12.2 Å². The lowest BCUT2D eigenvalue weighted by Gasteiger charge is -2.29. The maximum absolute atomic E-state index is 13.0. The Morgan fingerprint density at radius 1 is 1.19 bits per heavy atom. The summed E-state index contributed by atoms with van der Waals surface area (Å²) < 4.78 is 5.18. The number of methoxy groups -OCH3 is 1. The molecule has 2 aromatic rings. The molecule has 1 saturated heterocycles. The molecule has 7 heteroatoms. The smallest absolute Gasteiger partial charge is 0.257 e. The highest BCUT2D eigenvalue weighted by Crippen LogP contribution is 2.27. The number of imide groups is 1. The molecule has 0 spiro atoms. The Balaban J connectivity index is 1.85. The molecule has 0 saturated carbocycles. The van der Waals surface area contributed by atoms with Gasteiger partial charge in [0.25, 0.3) is 5.91 Å². The van der Waals surface area contributed by atoms with Gasteiger partial charge in [-0.15, -0.1) is 0 Å². The molecule has 3 rings (SSSR count). The van der Waals surface area contributed by atoms with Crippen molar-refractivity contribution >= 4 is 34.8 Å². The number of hydrogen-bond acceptors (Lipinski definition) is 4. The molecule has 6 nitrogen and oxygen atoms in total. The van der Waals surface area contributed by atoms with E-state index < -0.39 is 6.04 Å². The first-order valence-corrected chi connectivity index (χ1v) is 8.99. The highest BCUT2D eigenvalue weighted by atomic mass is 32.1. The molecule has 140 valence electrons. The van der Waals surface area contributed by atoms with Crippen molar-refractivity contribution in [3.63, 3.8) is 0 Å². The van der Waals surface area contributed by atoms with Gasteiger partial charge >= 0.3 is 0 Å². The zero-order valence-corrected chi connectivity index (χ0v) is 16.0. The molecule has 0 radical (unpaired) electrons. The van der Waals surface area contributed by atoms with Crippen LogP contribution in [-0.4, -0.2) is 42.0 Å². The van der Waals surface area contributed by atoms with Crippen molar-refractivity contribution in [3.05, 3.63) is 60.2 Å². The summed E-state index contributed by atoms with van der Waals surface area (Å²) in [6.07, 6.45) is 0.0890. The topological polar surface area (TPSA) is 61.9 Å². The summed E-state index contributed by atoms with van der Waals surface area (Å²) in [4.78, 5) is 28.6. The van der Waals surface area contributed by atoms with E-state index in [4.69, 9.17) is 17.0 Å². The predicted molar refractivity (Wildman–Crippen MR) is 108 cm³/mol. The van der Waals surface area contributed by atoms with Gasteiger partial charge in [-0.25, -0.2) is 4.90 Å². The molecule has 0 unspecified atom stereocenters. The molecule has 1 aliphatic rings. The normalized spacial score (nSPS) is 16.4. The monoisotopic (exact) mass is 383 g/mol. The van der Waals surface area contributed by atoms with E-state index in [1.807, 2.05) is 30.3 Å². The number of amides is 2. The van der Waals surface area contributed by atoms with E-state index in [9.17, 15) is 9.59 Å². The van der Waals surface area contributed by atoms with Crippen molar-refractivity contribution in [1.29, 1.82) is 0 Å². The van der Waals surface area contributed by atoms with Gasteiger partial charge in [0.2, 0.25) is 5.91 Å². The quantitative estimate of drug-likeness (QED) is 0.632. The van der Waals surface area contributed by atoms with E-state index in [0.717, 1.165) is 11.3 Å². The van der Waals surface area contributed by atoms with Gasteiger partial charge in [0, 0.05) is 13.6 Å². The SMILES string of the molecule is CNC(=S)N(Cc1ccc(OC)cc1)[C@@H]1CC(=O)N(c2ccccc2)C1=O. The van der Waals surface area contributed by atoms with Crippen LogP contribution in [0.3, 0.4) is 0 Å². The summed E-state index contributed by atoms with van der Waals surface area (Å²) in [6, 6.07) is 15.9. The maximum atomic E-state index is 13.0. The van der Waals surface area contributed by atoms with Crippen LogP contribution in [0.1, 0.15) is 12.0 Å². The summed E-state index contributed by atoms with van der Waals surface area (Å²) >= 11 is 5.42. The average molecular weight is 383 g/mol. The number of nitrogens with one attached hydrogen (secondary N) is 1. The highest BCUT2D eigenvalue weighted by molar-refractivity contribution is 7.80. The Morgan fingerprint density at radius 2 is 1.85 bits per heavy atom. The first kappa shape index (κ1) is 18.8. The lowest BCUT2D eigenvalue weighted by atomic mass is 10.1. The van der Waals surface area contributed by atoms with Gasteiger partial charge in [0.1, 0.15) is 11.8 Å². The zero-order chi connectivity index (χ0) is 19.4. The van der Waals surface area contributed by atoms with E-state index in [1.165, 1.54) is 4.90 Å². The van der Waals surface area contributed by atoms with Gasteiger partial charge in [0.05, 0.1) is 19.2 Å². The summed E-state index contributed by atoms with van der Waals surface area (Å²) in [7, 11) is 3.32. The van der Waals surface area contributed by atoms with Crippen LogP contribution < -0.4 is 15.0 Å². The lowest BCUT2D eigenvalue weighted by molar-refractivity contribution is -0.122. The summed E-state index contributed by atoms with van der Waals surface area (Å²) in [5.74, 6) is 0.260. The van der Waals surface area contributed by atoms with Crippen LogP contribution in [0.5, 0.6) is 5.75 Å². The van der Waals surface area contributed by atoms with Gasteiger partial charge in [-0.1, -0.05) is 30.3 Å². The third-order valence-electron chi connectivity index (χ3n) is 4.50. The Bertz CT molecular complexity index is 839. The van der Waals surface area contributed by atoms with E-state index in [0.29, 0.717) is 17.3 Å². The van der Waals surface area contributed by atoms with Crippen molar-refractivity contribution in [2.75, 3.05) is 19.1 Å². The Hall–Kier alpha value is -2.93. The third kappa shape index (κ3) is 3.93. The van der Waals surface area contributed by atoms with Gasteiger partial charge in [-0.3, -0.25) is 9.59 Å². The molecular weight excluding hydrogens is 362 g/mol. The second kappa shape index (κ2) is 8.18. The molecule has 1 fully saturated rings. The number of rotatable bonds is 5. The molecule has 0 aromatic heterocycles. The predicted octanol–water partition coefficient (Wildman–Crippen LogP) is 2.33. The molecule has 2 amide bonds. The largest absolute Gasteiger partial charge is 0.497 e. The summed E-state index contributed by atoms with van der Waals surface area (Å²) in [5, 5.41) is 3.35. The first-order valence-electron chi connectivity index (χ1n) is 8.58. The van der Waals surface area contributed by atoms with E-state index in [2.05, 4.69) is 5.32 Å². The maximum Gasteiger partial charge on any atom is 0.257 e. The molecule has 1 atom stereocenters. The van der Waals surface area contributed by atoms with Gasteiger partial charge in [0.15, 0.2) is 5.11 Å². The number of thiocarbonyl (C=S) groups is 1. The molecule has 1 aliphatic heterocycles. The fraction of sp³-hybridized carbons (Fsp3) is 0.250. The number of ether oxygens (including phenoxy) is 1. The second-order valence-electron chi connectivity index (χ2n) is 6.15. The van der Waals surface area contributed by atoms with Crippen LogP contribution in [0.4, 0.5) is 5.69 Å². The molecule has 1 N–H and O–H groups in total. The van der Waals surface area contributed by atoms with Crippen LogP contribution in [0, 0.1) is 0 Å². The first-order chi connectivity index (χ1) is 13.0. The van der Waals surface area contributed by atoms with Crippen molar-refractivity contribution in [2.45, 2.75) is 19.0 Å². The third-order valence-corrected chi connectivity index (χ3v) is 4.94. The van der Waals surface area contributed by atoms with Crippen molar-refractivity contribution in [3.8, 4) is 5.75 Å². The summed E-state index contributed by atoms with van der Waals surface area (Å²) in [5.41, 5.74) is 1.54. The number of benzene rings is 2. The number of carbonyl (C=O) groups excluding carboxylic acids is 2. The van der Waals surface area contributed by atoms with Gasteiger partial charge in [-0.2, -0.15) is 0 Å². The van der Waals surface area contributed by atoms with E-state index in [1.54, 1.807) is 43.3 Å². The zero-order valence-electron chi connectivity index (χ0n) is 15.2. The minimum absolute atomic E-state index is 0.0890. The van der Waals surface area contributed by atoms with Gasteiger partial charge in [-0.05, 0) is 42.0 Å². The van der Waals surface area contributed by atoms with Gasteiger partial charge < -0.3 is 15.0 Å². The Labute approximate surface area is 163 Å². The molecule has 1 heterocycles. The fourth-order valence-corrected chi connectivity index (χ4v) is 3.29. The van der Waals surface area contributed by atoms with Crippen LogP contribution in [0.25, 0.3) is 0 Å². The standard InChI is InChI=1S/C20H21N3O3S/c1-21-20(27)22(13-14-8-10-16(26-2)11-9-14)17-12-18(24)23(19(17)25)15-6-4-3-5-7-15/h3-11,17H,12-13H2,1-2H3,(H,21,27)/t17-/m1/s1. The van der Waals surface area contributed by atoms with Crippen molar-refractivity contribution < 1.29 is 14.3 Å². The van der Waals surface area contributed by atoms with E-state index in [-0.39, 0.29) is 18.2 Å². The second-order valence-corrected chi connectivity index (χ2v) is 6.54. The molecule has 0 bridgehead atoms. The summed E-state index contributed by atoms with van der Waals surface area (Å²) in [6.45, 7) is 0.413. The lowest BCUT2D eigenvalue weighted by Crippen LogP contribution is -2.48. The molecule has 27 heavy (non-hydrogen) atoms. The van der Waals surface area contributed by atoms with Crippen LogP contribution in [0.15, 0.2) is 54.6 Å². The Morgan fingerprint density at radius 3 is 2.44 bits per heavy atom. The number of para-hydroxylation sites is 1. The molecule has 2 aromatic carbocycles. The van der Waals surface area contributed by atoms with Crippen LogP contribution in [0.2, 0.25) is 0 Å². The van der Waals surface area contributed by atoms with Crippen molar-refractivity contribution in [2.24, 2.45) is 0 Å². The van der Waals surface area contributed by atoms with E-state index >= 15 is 0 Å². The number of nitrogens with zero attached hydrogens (tertiary/aromatic N) is 2. The molecule has 0 aliphatic carbocycles. The molecular formula is C20H21N3O3S. The average Bonchev–Trinajstić information content (AvgIpc) is 3.00. The number of anilines is 1. The van der Waals surface area contributed by atoms with Crippen molar-refractivity contribution in [1.82, 2.24) is 10.2 Å². The minimum atomic E-state index is -0.639. The van der Waals surface area contributed by atoms with Crippen LogP contribution in [-0.2, 0) is 16.1 Å². The number of carbonyl (C=O) groups is 2. The number of hydrogen-bond donors (Lipinski definition) is 1. The fourth-order valence-electron chi connectivity index (χ4n) is 3.10.